The minimum atomic E-state index is -0.853. The van der Waals surface area contributed by atoms with Crippen LogP contribution in [0.25, 0.3) is 11.0 Å². The average molecular weight is 345 g/mol. The zero-order chi connectivity index (χ0) is 18.0. The Hall–Kier alpha value is -2.57. The first-order valence-electron chi connectivity index (χ1n) is 8.71. The molecule has 0 bridgehead atoms. The lowest BCUT2D eigenvalue weighted by Gasteiger charge is -2.15. The number of hydrogen-bond acceptors (Lipinski definition) is 3. The van der Waals surface area contributed by atoms with Crippen molar-refractivity contribution in [2.24, 2.45) is 5.92 Å². The lowest BCUT2D eigenvalue weighted by Crippen LogP contribution is -2.32. The maximum atomic E-state index is 12.7. The SMILES string of the molecule is CCCn1c(=O)n(CCC(=O)N2CC[C@H](C(=O)O)C2)c2ccccc21. The van der Waals surface area contributed by atoms with Crippen LogP contribution in [0, 0.1) is 5.92 Å². The summed E-state index contributed by atoms with van der Waals surface area (Å²) in [5.41, 5.74) is 1.62. The van der Waals surface area contributed by atoms with Gasteiger partial charge in [0.1, 0.15) is 0 Å². The average Bonchev–Trinajstić information content (AvgIpc) is 3.19. The van der Waals surface area contributed by atoms with Gasteiger partial charge in [0.25, 0.3) is 0 Å². The van der Waals surface area contributed by atoms with Gasteiger partial charge in [-0.25, -0.2) is 4.79 Å². The van der Waals surface area contributed by atoms with E-state index in [2.05, 4.69) is 0 Å². The van der Waals surface area contributed by atoms with Gasteiger partial charge in [-0.15, -0.1) is 0 Å². The number of aryl methyl sites for hydroxylation is 2. The normalized spacial score (nSPS) is 17.3. The Morgan fingerprint density at radius 1 is 1.16 bits per heavy atom. The molecule has 0 spiro atoms. The summed E-state index contributed by atoms with van der Waals surface area (Å²) in [7, 11) is 0. The minimum absolute atomic E-state index is 0.0945. The van der Waals surface area contributed by atoms with Crippen molar-refractivity contribution in [2.45, 2.75) is 39.3 Å². The molecule has 2 heterocycles. The van der Waals surface area contributed by atoms with Crippen molar-refractivity contribution in [3.8, 4) is 0 Å². The van der Waals surface area contributed by atoms with Crippen molar-refractivity contribution in [1.82, 2.24) is 14.0 Å². The molecule has 0 aliphatic carbocycles. The monoisotopic (exact) mass is 345 g/mol. The summed E-state index contributed by atoms with van der Waals surface area (Å²) >= 11 is 0. The van der Waals surface area contributed by atoms with E-state index in [0.29, 0.717) is 26.1 Å². The van der Waals surface area contributed by atoms with Gasteiger partial charge in [-0.3, -0.25) is 18.7 Å². The number of hydrogen-bond donors (Lipinski definition) is 1. The molecule has 1 atom stereocenters. The van der Waals surface area contributed by atoms with E-state index in [-0.39, 0.29) is 24.6 Å². The summed E-state index contributed by atoms with van der Waals surface area (Å²) in [5, 5.41) is 9.04. The topological polar surface area (TPSA) is 84.5 Å². The number of aromatic nitrogens is 2. The highest BCUT2D eigenvalue weighted by atomic mass is 16.4. The molecule has 1 N–H and O–H groups in total. The van der Waals surface area contributed by atoms with Crippen molar-refractivity contribution < 1.29 is 14.7 Å². The van der Waals surface area contributed by atoms with Gasteiger partial charge in [-0.2, -0.15) is 0 Å². The van der Waals surface area contributed by atoms with E-state index >= 15 is 0 Å². The van der Waals surface area contributed by atoms with Crippen LogP contribution in [-0.2, 0) is 22.7 Å². The predicted octanol–water partition coefficient (Wildman–Crippen LogP) is 1.54. The Balaban J connectivity index is 1.75. The van der Waals surface area contributed by atoms with Crippen molar-refractivity contribution in [3.63, 3.8) is 0 Å². The molecule has 1 aromatic heterocycles. The number of para-hydroxylation sites is 2. The first-order chi connectivity index (χ1) is 12.0. The third-order valence-electron chi connectivity index (χ3n) is 4.81. The number of nitrogens with zero attached hydrogens (tertiary/aromatic N) is 3. The van der Waals surface area contributed by atoms with Crippen molar-refractivity contribution in [2.75, 3.05) is 13.1 Å². The number of carboxylic acids is 1. The Labute approximate surface area is 145 Å². The second-order valence-electron chi connectivity index (χ2n) is 6.49. The van der Waals surface area contributed by atoms with Crippen LogP contribution >= 0.6 is 0 Å². The van der Waals surface area contributed by atoms with Gasteiger partial charge in [0, 0.05) is 32.6 Å². The number of aliphatic carboxylic acids is 1. The number of carbonyl (C=O) groups is 2. The summed E-state index contributed by atoms with van der Waals surface area (Å²) in [5.74, 6) is -1.42. The smallest absolute Gasteiger partial charge is 0.329 e. The van der Waals surface area contributed by atoms with Crippen LogP contribution in [0.5, 0.6) is 0 Å². The molecule has 1 aliphatic heterocycles. The molecular weight excluding hydrogens is 322 g/mol. The summed E-state index contributed by atoms with van der Waals surface area (Å²) < 4.78 is 3.39. The van der Waals surface area contributed by atoms with Crippen molar-refractivity contribution in [1.29, 1.82) is 0 Å². The van der Waals surface area contributed by atoms with Gasteiger partial charge >= 0.3 is 11.7 Å². The van der Waals surface area contributed by atoms with Gasteiger partial charge in [0.05, 0.1) is 17.0 Å². The van der Waals surface area contributed by atoms with Gasteiger partial charge in [-0.1, -0.05) is 19.1 Å². The Kier molecular flexibility index (Phi) is 4.92. The Morgan fingerprint density at radius 2 is 1.80 bits per heavy atom. The molecule has 0 unspecified atom stereocenters. The Morgan fingerprint density at radius 3 is 2.36 bits per heavy atom. The highest BCUT2D eigenvalue weighted by molar-refractivity contribution is 5.79. The summed E-state index contributed by atoms with van der Waals surface area (Å²) in [6.07, 6.45) is 1.56. The third kappa shape index (κ3) is 3.31. The van der Waals surface area contributed by atoms with Crippen LogP contribution in [0.2, 0.25) is 0 Å². The highest BCUT2D eigenvalue weighted by Gasteiger charge is 2.30. The number of carboxylic acid groups (broad SMARTS) is 1. The van der Waals surface area contributed by atoms with Gasteiger partial charge in [0.15, 0.2) is 0 Å². The number of fused-ring (bicyclic) bond motifs is 1. The number of imidazole rings is 1. The predicted molar refractivity (Wildman–Crippen MR) is 93.4 cm³/mol. The fourth-order valence-electron chi connectivity index (χ4n) is 3.48. The van der Waals surface area contributed by atoms with Gasteiger partial charge in [-0.05, 0) is 25.0 Å². The molecule has 1 aliphatic rings. The second kappa shape index (κ2) is 7.13. The number of likely N-dealkylation sites (tertiary alicyclic amines) is 1. The van der Waals surface area contributed by atoms with Crippen LogP contribution in [0.1, 0.15) is 26.2 Å². The van der Waals surface area contributed by atoms with Crippen molar-refractivity contribution >= 4 is 22.9 Å². The number of benzene rings is 1. The molecule has 1 saturated heterocycles. The van der Waals surface area contributed by atoms with Gasteiger partial charge in [0.2, 0.25) is 5.91 Å². The maximum absolute atomic E-state index is 12.7. The van der Waals surface area contributed by atoms with E-state index in [1.807, 2.05) is 31.2 Å². The molecule has 1 amide bonds. The third-order valence-corrected chi connectivity index (χ3v) is 4.81. The molecule has 2 aromatic rings. The minimum Gasteiger partial charge on any atom is -0.481 e. The largest absolute Gasteiger partial charge is 0.481 e. The van der Waals surface area contributed by atoms with E-state index < -0.39 is 11.9 Å². The summed E-state index contributed by atoms with van der Waals surface area (Å²) in [6.45, 7) is 3.72. The van der Waals surface area contributed by atoms with Crippen LogP contribution in [0.3, 0.4) is 0 Å². The zero-order valence-electron chi connectivity index (χ0n) is 14.4. The molecule has 7 heteroatoms. The lowest BCUT2D eigenvalue weighted by atomic mass is 10.1. The fourth-order valence-corrected chi connectivity index (χ4v) is 3.48. The molecule has 3 rings (SSSR count). The van der Waals surface area contributed by atoms with E-state index in [4.69, 9.17) is 5.11 Å². The molecule has 0 radical (unpaired) electrons. The van der Waals surface area contributed by atoms with Crippen LogP contribution in [0.15, 0.2) is 29.1 Å². The highest BCUT2D eigenvalue weighted by Crippen LogP contribution is 2.18. The number of carbonyl (C=O) groups excluding carboxylic acids is 1. The quantitative estimate of drug-likeness (QED) is 0.860. The van der Waals surface area contributed by atoms with E-state index in [1.165, 1.54) is 0 Å². The van der Waals surface area contributed by atoms with Crippen LogP contribution < -0.4 is 5.69 Å². The molecular formula is C18H23N3O4. The van der Waals surface area contributed by atoms with E-state index in [1.54, 1.807) is 14.0 Å². The molecule has 1 aromatic carbocycles. The maximum Gasteiger partial charge on any atom is 0.329 e. The molecule has 134 valence electrons. The Bertz CT molecular complexity index is 852. The number of rotatable bonds is 6. The second-order valence-corrected chi connectivity index (χ2v) is 6.49. The van der Waals surface area contributed by atoms with Crippen molar-refractivity contribution in [3.05, 3.63) is 34.7 Å². The van der Waals surface area contributed by atoms with E-state index in [0.717, 1.165) is 17.5 Å². The van der Waals surface area contributed by atoms with Crippen LogP contribution in [0.4, 0.5) is 0 Å². The fraction of sp³-hybridized carbons (Fsp3) is 0.500. The summed E-state index contributed by atoms with van der Waals surface area (Å²) in [4.78, 5) is 37.7. The molecule has 1 fully saturated rings. The zero-order valence-corrected chi connectivity index (χ0v) is 14.4. The summed E-state index contributed by atoms with van der Waals surface area (Å²) in [6, 6.07) is 7.60. The van der Waals surface area contributed by atoms with E-state index in [9.17, 15) is 14.4 Å². The van der Waals surface area contributed by atoms with Gasteiger partial charge < -0.3 is 10.0 Å². The van der Waals surface area contributed by atoms with Crippen LogP contribution in [-0.4, -0.2) is 44.1 Å². The molecule has 7 nitrogen and oxygen atoms in total. The lowest BCUT2D eigenvalue weighted by molar-refractivity contribution is -0.141. The first-order valence-corrected chi connectivity index (χ1v) is 8.71. The number of amides is 1. The molecule has 25 heavy (non-hydrogen) atoms. The standard InChI is InChI=1S/C18H23N3O4/c1-2-9-20-14-5-3-4-6-15(14)21(18(20)25)11-8-16(22)19-10-7-13(12-19)17(23)24/h3-6,13H,2,7-12H2,1H3,(H,23,24)/t13-/m0/s1. The molecule has 0 saturated carbocycles. The first kappa shape index (κ1) is 17.3.